The molecule has 1 heteroatoms. The van der Waals surface area contributed by atoms with Crippen LogP contribution in [0.4, 0.5) is 0 Å². The second kappa shape index (κ2) is 4.43. The summed E-state index contributed by atoms with van der Waals surface area (Å²) in [5, 5.41) is 0. The summed E-state index contributed by atoms with van der Waals surface area (Å²) < 4.78 is 0. The van der Waals surface area contributed by atoms with Crippen LogP contribution in [0.3, 0.4) is 0 Å². The number of carbonyl (C=O) groups is 1. The highest BCUT2D eigenvalue weighted by molar-refractivity contribution is 6.02. The summed E-state index contributed by atoms with van der Waals surface area (Å²) in [5.41, 5.74) is 3.69. The number of hydrogen-bond acceptors (Lipinski definition) is 1. The molecule has 0 saturated heterocycles. The molecule has 0 amide bonds. The van der Waals surface area contributed by atoms with Crippen molar-refractivity contribution in [2.45, 2.75) is 33.1 Å². The molecule has 0 spiro atoms. The number of fused-ring (bicyclic) bond motifs is 5. The molecule has 2 bridgehead atoms. The van der Waals surface area contributed by atoms with E-state index in [9.17, 15) is 4.79 Å². The summed E-state index contributed by atoms with van der Waals surface area (Å²) in [7, 11) is 0. The molecule has 1 saturated carbocycles. The molecule has 1 fully saturated rings. The molecule has 1 nitrogen and oxygen atoms in total. The topological polar surface area (TPSA) is 17.1 Å². The van der Waals surface area contributed by atoms with E-state index in [-0.39, 0.29) is 5.41 Å². The van der Waals surface area contributed by atoms with Gasteiger partial charge in [0.05, 0.1) is 0 Å². The van der Waals surface area contributed by atoms with Gasteiger partial charge in [0.1, 0.15) is 0 Å². The number of rotatable bonds is 2. The third-order valence-corrected chi connectivity index (χ3v) is 6.23. The lowest BCUT2D eigenvalue weighted by Gasteiger charge is -2.45. The lowest BCUT2D eigenvalue weighted by Crippen LogP contribution is -2.44. The molecular formula is C20H22O. The number of Topliss-reactive ketones (excluding diaryl/α,β-unsaturated/α-hetero) is 1. The van der Waals surface area contributed by atoms with Crippen molar-refractivity contribution in [2.75, 3.05) is 0 Å². The lowest BCUT2D eigenvalue weighted by molar-refractivity contribution is 0.0592. The van der Waals surface area contributed by atoms with Gasteiger partial charge in [-0.1, -0.05) is 53.6 Å². The summed E-state index contributed by atoms with van der Waals surface area (Å²) in [6.07, 6.45) is 7.96. The van der Waals surface area contributed by atoms with Crippen LogP contribution in [0.5, 0.6) is 0 Å². The zero-order chi connectivity index (χ0) is 14.6. The van der Waals surface area contributed by atoms with E-state index in [1.807, 2.05) is 30.3 Å². The van der Waals surface area contributed by atoms with Gasteiger partial charge in [0.25, 0.3) is 0 Å². The number of hydrogen-bond donors (Lipinski definition) is 0. The first-order chi connectivity index (χ1) is 10.1. The normalized spacial score (nSPS) is 37.0. The van der Waals surface area contributed by atoms with Gasteiger partial charge >= 0.3 is 0 Å². The van der Waals surface area contributed by atoms with Gasteiger partial charge in [-0.2, -0.15) is 0 Å². The van der Waals surface area contributed by atoms with Crippen LogP contribution in [0, 0.1) is 23.2 Å². The minimum Gasteiger partial charge on any atom is -0.294 e. The van der Waals surface area contributed by atoms with Gasteiger partial charge in [-0.25, -0.2) is 0 Å². The average molecular weight is 278 g/mol. The van der Waals surface area contributed by atoms with E-state index in [2.05, 4.69) is 26.0 Å². The molecule has 0 N–H and O–H groups in total. The second-order valence-corrected chi connectivity index (χ2v) is 7.17. The number of ketones is 1. The molecule has 0 radical (unpaired) electrons. The van der Waals surface area contributed by atoms with Crippen LogP contribution in [-0.4, -0.2) is 5.78 Å². The van der Waals surface area contributed by atoms with Gasteiger partial charge in [-0.15, -0.1) is 0 Å². The van der Waals surface area contributed by atoms with Crippen molar-refractivity contribution in [1.82, 2.24) is 0 Å². The Hall–Kier alpha value is -1.63. The van der Waals surface area contributed by atoms with Crippen LogP contribution < -0.4 is 0 Å². The highest BCUT2D eigenvalue weighted by Crippen LogP contribution is 2.63. The minimum absolute atomic E-state index is 0.162. The maximum atomic E-state index is 13.4. The van der Waals surface area contributed by atoms with Crippen LogP contribution in [0.25, 0.3) is 0 Å². The van der Waals surface area contributed by atoms with Gasteiger partial charge in [-0.3, -0.25) is 4.79 Å². The molecular weight excluding hydrogens is 256 g/mol. The molecule has 1 aromatic rings. The monoisotopic (exact) mass is 278 g/mol. The van der Waals surface area contributed by atoms with E-state index >= 15 is 0 Å². The number of allylic oxidation sites excluding steroid dienone is 4. The Morgan fingerprint density at radius 3 is 2.62 bits per heavy atom. The van der Waals surface area contributed by atoms with Crippen molar-refractivity contribution >= 4 is 5.78 Å². The third kappa shape index (κ3) is 1.67. The fraction of sp³-hybridized carbons (Fsp3) is 0.450. The zero-order valence-corrected chi connectivity index (χ0v) is 12.8. The van der Waals surface area contributed by atoms with Gasteiger partial charge in [0, 0.05) is 11.0 Å². The SMILES string of the molecule is CC1=C(C)C[C@]2(C(=O)c3ccccc3)C3C=CC(C3)[C@@H]2C1. The van der Waals surface area contributed by atoms with Gasteiger partial charge in [0.2, 0.25) is 0 Å². The predicted octanol–water partition coefficient (Wildman–Crippen LogP) is 4.81. The Labute approximate surface area is 126 Å². The van der Waals surface area contributed by atoms with Crippen LogP contribution in [0.2, 0.25) is 0 Å². The van der Waals surface area contributed by atoms with Crippen LogP contribution in [-0.2, 0) is 0 Å². The standard InChI is InChI=1S/C20H22O/c1-13-10-18-16-8-9-17(11-16)20(18,12-14(13)2)19(21)15-6-4-3-5-7-15/h3-9,16-18H,10-12H2,1-2H3/t16?,17?,18-,20-/m0/s1. The molecule has 3 aliphatic carbocycles. The smallest absolute Gasteiger partial charge is 0.170 e. The van der Waals surface area contributed by atoms with Gasteiger partial charge < -0.3 is 0 Å². The number of benzene rings is 1. The fourth-order valence-electron chi connectivity index (χ4n) is 5.03. The zero-order valence-electron chi connectivity index (χ0n) is 12.8. The maximum absolute atomic E-state index is 13.4. The molecule has 0 aliphatic heterocycles. The fourth-order valence-corrected chi connectivity index (χ4v) is 5.03. The van der Waals surface area contributed by atoms with E-state index in [1.54, 1.807) is 0 Å². The van der Waals surface area contributed by atoms with Crippen molar-refractivity contribution < 1.29 is 4.79 Å². The van der Waals surface area contributed by atoms with Crippen molar-refractivity contribution in [3.05, 3.63) is 59.2 Å². The first-order valence-corrected chi connectivity index (χ1v) is 8.06. The Bertz CT molecular complexity index is 652. The molecule has 4 rings (SSSR count). The minimum atomic E-state index is -0.162. The third-order valence-electron chi connectivity index (χ3n) is 6.23. The van der Waals surface area contributed by atoms with Crippen molar-refractivity contribution in [3.63, 3.8) is 0 Å². The van der Waals surface area contributed by atoms with Crippen molar-refractivity contribution in [1.29, 1.82) is 0 Å². The van der Waals surface area contributed by atoms with Crippen LogP contribution in [0.1, 0.15) is 43.5 Å². The Morgan fingerprint density at radius 2 is 1.86 bits per heavy atom. The second-order valence-electron chi connectivity index (χ2n) is 7.17. The summed E-state index contributed by atoms with van der Waals surface area (Å²) in [4.78, 5) is 13.4. The van der Waals surface area contributed by atoms with E-state index in [0.717, 1.165) is 18.4 Å². The molecule has 0 heterocycles. The highest BCUT2D eigenvalue weighted by Gasteiger charge is 2.60. The van der Waals surface area contributed by atoms with Crippen LogP contribution in [0.15, 0.2) is 53.6 Å². The largest absolute Gasteiger partial charge is 0.294 e. The van der Waals surface area contributed by atoms with E-state index in [0.29, 0.717) is 23.5 Å². The molecule has 2 unspecified atom stereocenters. The molecule has 0 aromatic heterocycles. The van der Waals surface area contributed by atoms with E-state index in [4.69, 9.17) is 0 Å². The average Bonchev–Trinajstić information content (AvgIpc) is 3.09. The summed E-state index contributed by atoms with van der Waals surface area (Å²) in [5.74, 6) is 1.97. The van der Waals surface area contributed by atoms with Gasteiger partial charge in [0.15, 0.2) is 5.78 Å². The Balaban J connectivity index is 1.83. The number of carbonyl (C=O) groups excluding carboxylic acids is 1. The molecule has 4 atom stereocenters. The highest BCUT2D eigenvalue weighted by atomic mass is 16.1. The maximum Gasteiger partial charge on any atom is 0.170 e. The van der Waals surface area contributed by atoms with Crippen molar-refractivity contribution in [3.8, 4) is 0 Å². The summed E-state index contributed by atoms with van der Waals surface area (Å²) in [6, 6.07) is 9.94. The Morgan fingerprint density at radius 1 is 1.10 bits per heavy atom. The molecule has 21 heavy (non-hydrogen) atoms. The molecule has 3 aliphatic rings. The summed E-state index contributed by atoms with van der Waals surface area (Å²) >= 11 is 0. The Kier molecular flexibility index (Phi) is 2.76. The van der Waals surface area contributed by atoms with Crippen LogP contribution >= 0.6 is 0 Å². The van der Waals surface area contributed by atoms with E-state index in [1.165, 1.54) is 17.6 Å². The predicted molar refractivity (Wildman–Crippen MR) is 85.0 cm³/mol. The van der Waals surface area contributed by atoms with Crippen molar-refractivity contribution in [2.24, 2.45) is 23.2 Å². The summed E-state index contributed by atoms with van der Waals surface area (Å²) in [6.45, 7) is 4.48. The first kappa shape index (κ1) is 13.1. The quantitative estimate of drug-likeness (QED) is 0.560. The van der Waals surface area contributed by atoms with Gasteiger partial charge in [-0.05, 0) is 50.9 Å². The first-order valence-electron chi connectivity index (χ1n) is 8.06. The molecule has 1 aromatic carbocycles. The van der Waals surface area contributed by atoms with E-state index < -0.39 is 0 Å². The molecule has 108 valence electrons. The lowest BCUT2D eigenvalue weighted by atomic mass is 9.57.